The van der Waals surface area contributed by atoms with Gasteiger partial charge in [0, 0.05) is 5.56 Å². The number of amides is 1. The van der Waals surface area contributed by atoms with E-state index >= 15 is 0 Å². The van der Waals surface area contributed by atoms with Crippen molar-refractivity contribution in [2.75, 3.05) is 17.7 Å². The van der Waals surface area contributed by atoms with Crippen molar-refractivity contribution in [1.82, 2.24) is 9.78 Å². The predicted octanol–water partition coefficient (Wildman–Crippen LogP) is 4.28. The van der Waals surface area contributed by atoms with Crippen molar-refractivity contribution in [2.24, 2.45) is 0 Å². The highest BCUT2D eigenvalue weighted by atomic mass is 32.2. The minimum Gasteiger partial charge on any atom is -0.481 e. The van der Waals surface area contributed by atoms with Gasteiger partial charge < -0.3 is 10.1 Å². The molecule has 0 radical (unpaired) electrons. The van der Waals surface area contributed by atoms with Crippen LogP contribution in [-0.4, -0.2) is 28.0 Å². The van der Waals surface area contributed by atoms with Gasteiger partial charge in [0.05, 0.1) is 22.4 Å². The Kier molecular flexibility index (Phi) is 5.32. The van der Waals surface area contributed by atoms with Crippen molar-refractivity contribution < 1.29 is 9.53 Å². The highest BCUT2D eigenvalue weighted by molar-refractivity contribution is 8.00. The number of carbonyl (C=O) groups is 1. The van der Waals surface area contributed by atoms with E-state index in [4.69, 9.17) is 16.3 Å². The zero-order chi connectivity index (χ0) is 20.4. The van der Waals surface area contributed by atoms with Gasteiger partial charge in [-0.15, -0.1) is 18.2 Å². The molecule has 2 heterocycles. The van der Waals surface area contributed by atoms with E-state index in [1.165, 1.54) is 0 Å². The number of aromatic nitrogens is 2. The molecule has 6 heteroatoms. The highest BCUT2D eigenvalue weighted by Gasteiger charge is 2.30. The van der Waals surface area contributed by atoms with Crippen LogP contribution in [0.4, 0.5) is 5.82 Å². The largest absolute Gasteiger partial charge is 0.481 e. The molecule has 5 nitrogen and oxygen atoms in total. The molecule has 1 amide bonds. The minimum atomic E-state index is -0.0264. The summed E-state index contributed by atoms with van der Waals surface area (Å²) in [7, 11) is 0. The number of anilines is 1. The van der Waals surface area contributed by atoms with Crippen molar-refractivity contribution in [3.05, 3.63) is 70.9 Å². The van der Waals surface area contributed by atoms with Crippen molar-refractivity contribution in [2.45, 2.75) is 19.1 Å². The number of rotatable bonds is 4. The molecule has 1 aliphatic rings. The van der Waals surface area contributed by atoms with Gasteiger partial charge in [0.2, 0.25) is 5.91 Å². The van der Waals surface area contributed by atoms with Gasteiger partial charge >= 0.3 is 0 Å². The zero-order valence-corrected chi connectivity index (χ0v) is 17.1. The Bertz CT molecular complexity index is 1100. The first-order valence-electron chi connectivity index (χ1n) is 9.31. The lowest BCUT2D eigenvalue weighted by Crippen LogP contribution is -2.15. The number of carbonyl (C=O) groups excluding carboxylic acids is 1. The number of hydrogen-bond donors (Lipinski definition) is 1. The van der Waals surface area contributed by atoms with Crippen LogP contribution >= 0.6 is 11.8 Å². The summed E-state index contributed by atoms with van der Waals surface area (Å²) in [5.74, 6) is 4.28. The lowest BCUT2D eigenvalue weighted by atomic mass is 10.0. The van der Waals surface area contributed by atoms with E-state index in [9.17, 15) is 4.79 Å². The molecule has 1 aromatic heterocycles. The molecular formula is C23H21N3O2S. The Labute approximate surface area is 174 Å². The fourth-order valence-electron chi connectivity index (χ4n) is 3.46. The van der Waals surface area contributed by atoms with Crippen LogP contribution in [0.3, 0.4) is 0 Å². The summed E-state index contributed by atoms with van der Waals surface area (Å²) in [6.45, 7) is 4.27. The highest BCUT2D eigenvalue weighted by Crippen LogP contribution is 2.44. The topological polar surface area (TPSA) is 56.1 Å². The second kappa shape index (κ2) is 8.06. The predicted molar refractivity (Wildman–Crippen MR) is 117 cm³/mol. The molecule has 0 spiro atoms. The third-order valence-electron chi connectivity index (χ3n) is 4.76. The third-order valence-corrected chi connectivity index (χ3v) is 6.03. The van der Waals surface area contributed by atoms with Gasteiger partial charge in [-0.25, -0.2) is 4.68 Å². The maximum absolute atomic E-state index is 12.4. The van der Waals surface area contributed by atoms with E-state index in [1.54, 1.807) is 11.8 Å². The Balaban J connectivity index is 1.78. The summed E-state index contributed by atoms with van der Waals surface area (Å²) in [4.78, 5) is 12.4. The lowest BCUT2D eigenvalue weighted by Gasteiger charge is -2.16. The smallest absolute Gasteiger partial charge is 0.235 e. The number of nitrogens with zero attached hydrogens (tertiary/aromatic N) is 2. The second-order valence-corrected chi connectivity index (χ2v) is 7.99. The van der Waals surface area contributed by atoms with Crippen LogP contribution in [0, 0.1) is 26.2 Å². The van der Waals surface area contributed by atoms with Gasteiger partial charge in [0.25, 0.3) is 0 Å². The van der Waals surface area contributed by atoms with Gasteiger partial charge in [0.1, 0.15) is 18.2 Å². The van der Waals surface area contributed by atoms with Crippen LogP contribution in [0.1, 0.15) is 27.6 Å². The number of aryl methyl sites for hydroxylation is 2. The van der Waals surface area contributed by atoms with E-state index in [-0.39, 0.29) is 17.8 Å². The second-order valence-electron chi connectivity index (χ2n) is 6.90. The van der Waals surface area contributed by atoms with Gasteiger partial charge in [-0.05, 0) is 49.2 Å². The van der Waals surface area contributed by atoms with E-state index < -0.39 is 0 Å². The molecule has 0 unspecified atom stereocenters. The van der Waals surface area contributed by atoms with Crippen molar-refractivity contribution in [3.63, 3.8) is 0 Å². The van der Waals surface area contributed by atoms with Crippen LogP contribution in [-0.2, 0) is 4.79 Å². The summed E-state index contributed by atoms with van der Waals surface area (Å²) in [5, 5.41) is 7.81. The van der Waals surface area contributed by atoms with Crippen LogP contribution in [0.15, 0.2) is 48.5 Å². The molecule has 0 bridgehead atoms. The molecule has 0 fully saturated rings. The Morgan fingerprint density at radius 2 is 2.07 bits per heavy atom. The monoisotopic (exact) mass is 403 g/mol. The molecule has 0 aliphatic carbocycles. The quantitative estimate of drug-likeness (QED) is 0.661. The molecule has 1 aliphatic heterocycles. The fraction of sp³-hybridized carbons (Fsp3) is 0.217. The van der Waals surface area contributed by atoms with Crippen molar-refractivity contribution in [1.29, 1.82) is 0 Å². The Hall–Kier alpha value is -3.17. The van der Waals surface area contributed by atoms with Crippen LogP contribution in [0.5, 0.6) is 5.75 Å². The molecule has 4 rings (SSSR count). The molecule has 29 heavy (non-hydrogen) atoms. The lowest BCUT2D eigenvalue weighted by molar-refractivity contribution is -0.113. The summed E-state index contributed by atoms with van der Waals surface area (Å²) in [5.41, 5.74) is 5.08. The maximum atomic E-state index is 12.4. The van der Waals surface area contributed by atoms with Gasteiger partial charge in [-0.2, -0.15) is 5.10 Å². The first kappa shape index (κ1) is 19.2. The number of thioether (sulfide) groups is 1. The molecule has 3 aromatic rings. The van der Waals surface area contributed by atoms with Crippen molar-refractivity contribution in [3.8, 4) is 23.8 Å². The number of hydrogen-bond acceptors (Lipinski definition) is 4. The summed E-state index contributed by atoms with van der Waals surface area (Å²) >= 11 is 1.60. The summed E-state index contributed by atoms with van der Waals surface area (Å²) in [6, 6.07) is 16.0. The Morgan fingerprint density at radius 3 is 2.79 bits per heavy atom. The number of fused-ring (bicyclic) bond motifs is 1. The molecular weight excluding hydrogens is 382 g/mol. The van der Waals surface area contributed by atoms with Crippen LogP contribution in [0.2, 0.25) is 0 Å². The van der Waals surface area contributed by atoms with Gasteiger partial charge in [0.15, 0.2) is 0 Å². The molecule has 1 atom stereocenters. The standard InChI is InChI=1S/C23H21N3O2S/c1-4-12-28-19-10-8-17(9-11-19)22-21-16(3)25-26(18-7-5-6-15(2)13-18)23(21)24-20(27)14-29-22/h1,5-11,13,22H,12,14H2,2-3H3,(H,24,27)/t22-/m1/s1. The summed E-state index contributed by atoms with van der Waals surface area (Å²) in [6.07, 6.45) is 5.26. The van der Waals surface area contributed by atoms with E-state index in [2.05, 4.69) is 17.3 Å². The minimum absolute atomic E-state index is 0.0100. The van der Waals surface area contributed by atoms with Crippen LogP contribution < -0.4 is 10.1 Å². The zero-order valence-electron chi connectivity index (χ0n) is 16.3. The molecule has 1 N–H and O–H groups in total. The van der Waals surface area contributed by atoms with Crippen molar-refractivity contribution >= 4 is 23.5 Å². The molecule has 0 saturated carbocycles. The van der Waals surface area contributed by atoms with E-state index in [1.807, 2.05) is 61.0 Å². The third kappa shape index (κ3) is 3.87. The average Bonchev–Trinajstić information content (AvgIpc) is 2.92. The van der Waals surface area contributed by atoms with Crippen LogP contribution in [0.25, 0.3) is 5.69 Å². The molecule has 2 aromatic carbocycles. The summed E-state index contributed by atoms with van der Waals surface area (Å²) < 4.78 is 7.31. The first-order chi connectivity index (χ1) is 14.1. The van der Waals surface area contributed by atoms with E-state index in [0.717, 1.165) is 39.6 Å². The maximum Gasteiger partial charge on any atom is 0.235 e. The first-order valence-corrected chi connectivity index (χ1v) is 10.4. The average molecular weight is 404 g/mol. The normalized spacial score (nSPS) is 15.8. The van der Waals surface area contributed by atoms with E-state index in [0.29, 0.717) is 5.75 Å². The van der Waals surface area contributed by atoms with Gasteiger partial charge in [-0.3, -0.25) is 4.79 Å². The molecule has 0 saturated heterocycles. The van der Waals surface area contributed by atoms with Gasteiger partial charge in [-0.1, -0.05) is 30.2 Å². The molecule has 146 valence electrons. The fourth-order valence-corrected chi connectivity index (χ4v) is 4.65. The number of nitrogens with one attached hydrogen (secondary N) is 1. The number of terminal acetylenes is 1. The SMILES string of the molecule is C#CCOc1ccc([C@H]2SCC(=O)Nc3c2c(C)nn3-c2cccc(C)c2)cc1. The number of benzene rings is 2. The number of ether oxygens (including phenoxy) is 1. The Morgan fingerprint density at radius 1 is 1.28 bits per heavy atom.